The van der Waals surface area contributed by atoms with Crippen molar-refractivity contribution < 1.29 is 9.47 Å². The summed E-state index contributed by atoms with van der Waals surface area (Å²) in [6.07, 6.45) is 5.45. The van der Waals surface area contributed by atoms with Crippen LogP contribution in [-0.2, 0) is 9.47 Å². The van der Waals surface area contributed by atoms with Gasteiger partial charge in [0.15, 0.2) is 5.79 Å². The van der Waals surface area contributed by atoms with E-state index in [9.17, 15) is 0 Å². The topological polar surface area (TPSA) is 30.5 Å². The van der Waals surface area contributed by atoms with E-state index in [4.69, 9.17) is 9.47 Å². The van der Waals surface area contributed by atoms with Crippen LogP contribution in [0.2, 0.25) is 0 Å². The van der Waals surface area contributed by atoms with Crippen LogP contribution in [0.1, 0.15) is 46.5 Å². The minimum Gasteiger partial charge on any atom is -0.349 e. The van der Waals surface area contributed by atoms with Crippen molar-refractivity contribution in [2.75, 3.05) is 19.8 Å². The summed E-state index contributed by atoms with van der Waals surface area (Å²) >= 11 is 0. The zero-order valence-electron chi connectivity index (χ0n) is 10.8. The molecule has 1 aliphatic heterocycles. The monoisotopic (exact) mass is 227 g/mol. The molecule has 0 aromatic heterocycles. The standard InChI is InChI=1S/C13H25NO2/c1-4-5-13(6-7-13)10-14-11-8-15-12(2,3)16-9-11/h11,14H,4-10H2,1-3H3. The summed E-state index contributed by atoms with van der Waals surface area (Å²) in [4.78, 5) is 0. The van der Waals surface area contributed by atoms with Crippen molar-refractivity contribution in [2.24, 2.45) is 5.41 Å². The van der Waals surface area contributed by atoms with Crippen molar-refractivity contribution in [3.63, 3.8) is 0 Å². The SMILES string of the molecule is CCCC1(CNC2COC(C)(C)OC2)CC1. The van der Waals surface area contributed by atoms with Crippen LogP contribution in [0.4, 0.5) is 0 Å². The highest BCUT2D eigenvalue weighted by Crippen LogP contribution is 2.49. The molecule has 3 heteroatoms. The molecule has 0 radical (unpaired) electrons. The van der Waals surface area contributed by atoms with Crippen molar-refractivity contribution in [1.29, 1.82) is 0 Å². The molecule has 0 atom stereocenters. The van der Waals surface area contributed by atoms with Crippen molar-refractivity contribution in [2.45, 2.75) is 58.3 Å². The van der Waals surface area contributed by atoms with E-state index in [1.807, 2.05) is 13.8 Å². The van der Waals surface area contributed by atoms with Crippen LogP contribution >= 0.6 is 0 Å². The summed E-state index contributed by atoms with van der Waals surface area (Å²) < 4.78 is 11.3. The maximum Gasteiger partial charge on any atom is 0.162 e. The minimum atomic E-state index is -0.390. The van der Waals surface area contributed by atoms with Crippen molar-refractivity contribution in [3.8, 4) is 0 Å². The first-order chi connectivity index (χ1) is 7.55. The third-order valence-electron chi connectivity index (χ3n) is 3.77. The zero-order chi connectivity index (χ0) is 11.6. The lowest BCUT2D eigenvalue weighted by Gasteiger charge is -2.36. The van der Waals surface area contributed by atoms with Gasteiger partial charge in [0.05, 0.1) is 19.3 Å². The lowest BCUT2D eigenvalue weighted by molar-refractivity contribution is -0.253. The number of hydrogen-bond donors (Lipinski definition) is 1. The molecule has 3 nitrogen and oxygen atoms in total. The molecular weight excluding hydrogens is 202 g/mol. The molecular formula is C13H25NO2. The molecule has 0 unspecified atom stereocenters. The maximum absolute atomic E-state index is 5.64. The normalized spacial score (nSPS) is 27.9. The number of rotatable bonds is 5. The predicted octanol–water partition coefficient (Wildman–Crippen LogP) is 2.31. The summed E-state index contributed by atoms with van der Waals surface area (Å²) in [7, 11) is 0. The Hall–Kier alpha value is -0.120. The molecule has 0 spiro atoms. The van der Waals surface area contributed by atoms with E-state index in [-0.39, 0.29) is 0 Å². The quantitative estimate of drug-likeness (QED) is 0.782. The van der Waals surface area contributed by atoms with E-state index in [1.165, 1.54) is 25.7 Å². The van der Waals surface area contributed by atoms with E-state index in [0.29, 0.717) is 11.5 Å². The maximum atomic E-state index is 5.64. The Labute approximate surface area is 98.9 Å². The first-order valence-corrected chi connectivity index (χ1v) is 6.57. The number of ether oxygens (including phenoxy) is 2. The molecule has 0 aromatic rings. The Morgan fingerprint density at radius 2 is 1.81 bits per heavy atom. The fraction of sp³-hybridized carbons (Fsp3) is 1.00. The molecule has 94 valence electrons. The second-order valence-corrected chi connectivity index (χ2v) is 5.85. The molecule has 1 N–H and O–H groups in total. The van der Waals surface area contributed by atoms with Crippen LogP contribution in [-0.4, -0.2) is 31.6 Å². The van der Waals surface area contributed by atoms with E-state index in [0.717, 1.165) is 19.8 Å². The highest BCUT2D eigenvalue weighted by Gasteiger charge is 2.41. The van der Waals surface area contributed by atoms with Crippen molar-refractivity contribution in [1.82, 2.24) is 5.32 Å². The van der Waals surface area contributed by atoms with E-state index < -0.39 is 5.79 Å². The second-order valence-electron chi connectivity index (χ2n) is 5.85. The Bertz CT molecular complexity index is 226. The van der Waals surface area contributed by atoms with Gasteiger partial charge in [-0.3, -0.25) is 0 Å². The lowest BCUT2D eigenvalue weighted by Crippen LogP contribution is -2.49. The summed E-state index contributed by atoms with van der Waals surface area (Å²) in [5, 5.41) is 3.60. The predicted molar refractivity (Wildman–Crippen MR) is 64.3 cm³/mol. The second kappa shape index (κ2) is 4.63. The van der Waals surface area contributed by atoms with Gasteiger partial charge in [0.1, 0.15) is 0 Å². The molecule has 1 aliphatic carbocycles. The Morgan fingerprint density at radius 3 is 2.31 bits per heavy atom. The number of hydrogen-bond acceptors (Lipinski definition) is 3. The highest BCUT2D eigenvalue weighted by atomic mass is 16.7. The van der Waals surface area contributed by atoms with E-state index in [2.05, 4.69) is 12.2 Å². The molecule has 16 heavy (non-hydrogen) atoms. The van der Waals surface area contributed by atoms with Gasteiger partial charge in [-0.2, -0.15) is 0 Å². The molecule has 2 fully saturated rings. The van der Waals surface area contributed by atoms with Gasteiger partial charge in [-0.1, -0.05) is 13.3 Å². The molecule has 1 heterocycles. The van der Waals surface area contributed by atoms with Crippen LogP contribution in [0.15, 0.2) is 0 Å². The lowest BCUT2D eigenvalue weighted by atomic mass is 10.0. The van der Waals surface area contributed by atoms with Crippen molar-refractivity contribution in [3.05, 3.63) is 0 Å². The minimum absolute atomic E-state index is 0.377. The summed E-state index contributed by atoms with van der Waals surface area (Å²) in [5.74, 6) is -0.390. The van der Waals surface area contributed by atoms with E-state index in [1.54, 1.807) is 0 Å². The van der Waals surface area contributed by atoms with Crippen LogP contribution in [0.5, 0.6) is 0 Å². The fourth-order valence-corrected chi connectivity index (χ4v) is 2.39. The summed E-state index contributed by atoms with van der Waals surface area (Å²) in [6.45, 7) is 8.91. The molecule has 0 amide bonds. The Balaban J connectivity index is 1.68. The van der Waals surface area contributed by atoms with Crippen LogP contribution in [0, 0.1) is 5.41 Å². The molecule has 0 bridgehead atoms. The Kier molecular flexibility index (Phi) is 3.57. The van der Waals surface area contributed by atoms with Gasteiger partial charge in [0.2, 0.25) is 0 Å². The molecule has 2 rings (SSSR count). The third-order valence-corrected chi connectivity index (χ3v) is 3.77. The molecule has 0 aromatic carbocycles. The molecule has 2 aliphatic rings. The van der Waals surface area contributed by atoms with Gasteiger partial charge in [-0.15, -0.1) is 0 Å². The van der Waals surface area contributed by atoms with Gasteiger partial charge in [-0.05, 0) is 38.5 Å². The van der Waals surface area contributed by atoms with Gasteiger partial charge in [0.25, 0.3) is 0 Å². The molecule has 1 saturated carbocycles. The first-order valence-electron chi connectivity index (χ1n) is 6.57. The third kappa shape index (κ3) is 3.19. The largest absolute Gasteiger partial charge is 0.349 e. The summed E-state index contributed by atoms with van der Waals surface area (Å²) in [5.41, 5.74) is 0.613. The van der Waals surface area contributed by atoms with Gasteiger partial charge < -0.3 is 14.8 Å². The van der Waals surface area contributed by atoms with Gasteiger partial charge in [-0.25, -0.2) is 0 Å². The van der Waals surface area contributed by atoms with Gasteiger partial charge >= 0.3 is 0 Å². The van der Waals surface area contributed by atoms with Crippen LogP contribution < -0.4 is 5.32 Å². The first kappa shape index (κ1) is 12.3. The Morgan fingerprint density at radius 1 is 1.19 bits per heavy atom. The average Bonchev–Trinajstić information content (AvgIpc) is 2.98. The van der Waals surface area contributed by atoms with Crippen LogP contribution in [0.25, 0.3) is 0 Å². The van der Waals surface area contributed by atoms with Crippen LogP contribution in [0.3, 0.4) is 0 Å². The average molecular weight is 227 g/mol. The number of nitrogens with one attached hydrogen (secondary N) is 1. The zero-order valence-corrected chi connectivity index (χ0v) is 10.8. The summed E-state index contributed by atoms with van der Waals surface area (Å²) in [6, 6.07) is 0.377. The van der Waals surface area contributed by atoms with Crippen molar-refractivity contribution >= 4 is 0 Å². The fourth-order valence-electron chi connectivity index (χ4n) is 2.39. The van der Waals surface area contributed by atoms with E-state index >= 15 is 0 Å². The molecule has 1 saturated heterocycles. The smallest absolute Gasteiger partial charge is 0.162 e. The van der Waals surface area contributed by atoms with Gasteiger partial charge in [0, 0.05) is 6.54 Å². The highest BCUT2D eigenvalue weighted by molar-refractivity contribution is 4.95.